The molecule has 1 rings (SSSR count). The van der Waals surface area contributed by atoms with Crippen LogP contribution in [0.5, 0.6) is 0 Å². The zero-order chi connectivity index (χ0) is 12.8. The van der Waals surface area contributed by atoms with Crippen LogP contribution in [0.15, 0.2) is 18.2 Å². The van der Waals surface area contributed by atoms with Gasteiger partial charge in [-0.3, -0.25) is 0 Å². The van der Waals surface area contributed by atoms with Crippen molar-refractivity contribution >= 4 is 0 Å². The van der Waals surface area contributed by atoms with Gasteiger partial charge in [0.05, 0.1) is 0 Å². The molecule has 96 valence electrons. The van der Waals surface area contributed by atoms with Crippen molar-refractivity contribution in [2.45, 2.75) is 46.2 Å². The van der Waals surface area contributed by atoms with Crippen LogP contribution in [0.25, 0.3) is 0 Å². The van der Waals surface area contributed by atoms with E-state index in [0.29, 0.717) is 12.1 Å². The van der Waals surface area contributed by atoms with Crippen LogP contribution in [0, 0.1) is 13.8 Å². The van der Waals surface area contributed by atoms with Gasteiger partial charge < -0.3 is 10.1 Å². The maximum atomic E-state index is 5.10. The van der Waals surface area contributed by atoms with E-state index in [1.54, 1.807) is 7.11 Å². The molecule has 0 aromatic heterocycles. The number of aryl methyl sites for hydroxylation is 2. The van der Waals surface area contributed by atoms with Crippen LogP contribution in [0.4, 0.5) is 0 Å². The van der Waals surface area contributed by atoms with Crippen molar-refractivity contribution in [2.75, 3.05) is 13.7 Å². The van der Waals surface area contributed by atoms with E-state index in [1.165, 1.54) is 16.7 Å². The number of benzene rings is 1. The summed E-state index contributed by atoms with van der Waals surface area (Å²) in [6.07, 6.45) is 1.05. The van der Waals surface area contributed by atoms with Crippen LogP contribution in [-0.2, 0) is 4.74 Å². The lowest BCUT2D eigenvalue weighted by molar-refractivity contribution is 0.183. The van der Waals surface area contributed by atoms with Crippen LogP contribution in [-0.4, -0.2) is 19.8 Å². The third-order valence-electron chi connectivity index (χ3n) is 3.18. The number of ether oxygens (including phenoxy) is 1. The molecule has 0 heterocycles. The number of hydrogen-bond acceptors (Lipinski definition) is 2. The molecule has 0 spiro atoms. The van der Waals surface area contributed by atoms with Crippen LogP contribution in [0.3, 0.4) is 0 Å². The molecule has 0 radical (unpaired) electrons. The van der Waals surface area contributed by atoms with Crippen molar-refractivity contribution in [2.24, 2.45) is 0 Å². The highest BCUT2D eigenvalue weighted by molar-refractivity contribution is 5.32. The summed E-state index contributed by atoms with van der Waals surface area (Å²) in [7, 11) is 1.75. The van der Waals surface area contributed by atoms with Gasteiger partial charge in [-0.25, -0.2) is 0 Å². The van der Waals surface area contributed by atoms with Gasteiger partial charge >= 0.3 is 0 Å². The van der Waals surface area contributed by atoms with Crippen LogP contribution in [0.2, 0.25) is 0 Å². The highest BCUT2D eigenvalue weighted by Gasteiger charge is 2.11. The van der Waals surface area contributed by atoms with Crippen molar-refractivity contribution < 1.29 is 4.74 Å². The number of methoxy groups -OCH3 is 1. The molecule has 2 unspecified atom stereocenters. The van der Waals surface area contributed by atoms with E-state index in [9.17, 15) is 0 Å². The van der Waals surface area contributed by atoms with Gasteiger partial charge in [-0.15, -0.1) is 0 Å². The minimum atomic E-state index is 0.391. The monoisotopic (exact) mass is 235 g/mol. The van der Waals surface area contributed by atoms with Gasteiger partial charge in [0.15, 0.2) is 0 Å². The first-order chi connectivity index (χ1) is 8.04. The number of rotatable bonds is 6. The Kier molecular flexibility index (Phi) is 5.66. The maximum absolute atomic E-state index is 5.10. The fraction of sp³-hybridized carbons (Fsp3) is 0.600. The average Bonchev–Trinajstić information content (AvgIpc) is 2.26. The molecule has 0 saturated heterocycles. The standard InChI is InChI=1S/C15H25NO/c1-11-6-7-15(12(2)10-11)14(4)16-13(3)8-9-17-5/h6-7,10,13-14,16H,8-9H2,1-5H3. The molecule has 0 amide bonds. The van der Waals surface area contributed by atoms with Crippen molar-refractivity contribution in [3.05, 3.63) is 34.9 Å². The van der Waals surface area contributed by atoms with E-state index >= 15 is 0 Å². The summed E-state index contributed by atoms with van der Waals surface area (Å²) in [4.78, 5) is 0. The van der Waals surface area contributed by atoms with Crippen molar-refractivity contribution in [1.82, 2.24) is 5.32 Å². The molecular weight excluding hydrogens is 210 g/mol. The third-order valence-corrected chi connectivity index (χ3v) is 3.18. The molecule has 0 bridgehead atoms. The van der Waals surface area contributed by atoms with Gasteiger partial charge in [-0.05, 0) is 45.2 Å². The summed E-state index contributed by atoms with van der Waals surface area (Å²) in [6.45, 7) is 9.56. The lowest BCUT2D eigenvalue weighted by Gasteiger charge is -2.22. The molecule has 2 nitrogen and oxygen atoms in total. The van der Waals surface area contributed by atoms with Crippen LogP contribution >= 0.6 is 0 Å². The Morgan fingerprint density at radius 3 is 2.53 bits per heavy atom. The summed E-state index contributed by atoms with van der Waals surface area (Å²) in [5, 5.41) is 3.61. The summed E-state index contributed by atoms with van der Waals surface area (Å²) >= 11 is 0. The Bertz CT molecular complexity index is 349. The summed E-state index contributed by atoms with van der Waals surface area (Å²) in [6, 6.07) is 7.52. The second-order valence-electron chi connectivity index (χ2n) is 4.93. The minimum absolute atomic E-state index is 0.391. The number of nitrogens with one attached hydrogen (secondary N) is 1. The van der Waals surface area contributed by atoms with Gasteiger partial charge in [0, 0.05) is 25.8 Å². The van der Waals surface area contributed by atoms with E-state index in [1.807, 2.05) is 0 Å². The molecule has 2 heteroatoms. The minimum Gasteiger partial charge on any atom is -0.385 e. The first-order valence-corrected chi connectivity index (χ1v) is 6.36. The van der Waals surface area contributed by atoms with Crippen molar-refractivity contribution in [3.8, 4) is 0 Å². The lowest BCUT2D eigenvalue weighted by atomic mass is 9.99. The average molecular weight is 235 g/mol. The largest absolute Gasteiger partial charge is 0.385 e. The Morgan fingerprint density at radius 1 is 1.24 bits per heavy atom. The second-order valence-corrected chi connectivity index (χ2v) is 4.93. The van der Waals surface area contributed by atoms with Crippen LogP contribution in [0.1, 0.15) is 43.0 Å². The number of hydrogen-bond donors (Lipinski definition) is 1. The first-order valence-electron chi connectivity index (χ1n) is 6.36. The topological polar surface area (TPSA) is 21.3 Å². The van der Waals surface area contributed by atoms with Crippen molar-refractivity contribution in [3.63, 3.8) is 0 Å². The molecule has 1 aromatic carbocycles. The van der Waals surface area contributed by atoms with Gasteiger partial charge in [0.25, 0.3) is 0 Å². The Morgan fingerprint density at radius 2 is 1.94 bits per heavy atom. The molecule has 17 heavy (non-hydrogen) atoms. The molecule has 0 aliphatic heterocycles. The lowest BCUT2D eigenvalue weighted by Crippen LogP contribution is -2.30. The smallest absolute Gasteiger partial charge is 0.0476 e. The fourth-order valence-corrected chi connectivity index (χ4v) is 2.21. The zero-order valence-corrected chi connectivity index (χ0v) is 11.7. The quantitative estimate of drug-likeness (QED) is 0.816. The van der Waals surface area contributed by atoms with Crippen LogP contribution < -0.4 is 5.32 Å². The predicted octanol–water partition coefficient (Wildman–Crippen LogP) is 3.38. The van der Waals surface area contributed by atoms with Gasteiger partial charge in [0.2, 0.25) is 0 Å². The Labute approximate surface area is 105 Å². The van der Waals surface area contributed by atoms with E-state index < -0.39 is 0 Å². The molecule has 2 atom stereocenters. The molecule has 1 aromatic rings. The van der Waals surface area contributed by atoms with Gasteiger partial charge in [0.1, 0.15) is 0 Å². The fourth-order valence-electron chi connectivity index (χ4n) is 2.21. The molecule has 0 aliphatic rings. The Hall–Kier alpha value is -0.860. The summed E-state index contributed by atoms with van der Waals surface area (Å²) in [5.74, 6) is 0. The normalized spacial score (nSPS) is 14.6. The highest BCUT2D eigenvalue weighted by Crippen LogP contribution is 2.19. The summed E-state index contributed by atoms with van der Waals surface area (Å²) in [5.41, 5.74) is 4.08. The highest BCUT2D eigenvalue weighted by atomic mass is 16.5. The van der Waals surface area contributed by atoms with E-state index in [2.05, 4.69) is 51.2 Å². The third kappa shape index (κ3) is 4.49. The first kappa shape index (κ1) is 14.2. The van der Waals surface area contributed by atoms with Gasteiger partial charge in [-0.2, -0.15) is 0 Å². The van der Waals surface area contributed by atoms with E-state index in [0.717, 1.165) is 13.0 Å². The van der Waals surface area contributed by atoms with Gasteiger partial charge in [-0.1, -0.05) is 23.8 Å². The maximum Gasteiger partial charge on any atom is 0.0476 e. The van der Waals surface area contributed by atoms with Crippen molar-refractivity contribution in [1.29, 1.82) is 0 Å². The van der Waals surface area contributed by atoms with E-state index in [-0.39, 0.29) is 0 Å². The zero-order valence-electron chi connectivity index (χ0n) is 11.7. The SMILES string of the molecule is COCCC(C)NC(C)c1ccc(C)cc1C. The molecular formula is C15H25NO. The predicted molar refractivity (Wildman–Crippen MR) is 73.4 cm³/mol. The Balaban J connectivity index is 2.60. The summed E-state index contributed by atoms with van der Waals surface area (Å²) < 4.78 is 5.10. The molecule has 0 saturated carbocycles. The second kappa shape index (κ2) is 6.77. The van der Waals surface area contributed by atoms with E-state index in [4.69, 9.17) is 4.74 Å². The molecule has 0 fully saturated rings. The molecule has 0 aliphatic carbocycles. The molecule has 1 N–H and O–H groups in total.